The summed E-state index contributed by atoms with van der Waals surface area (Å²) in [6.07, 6.45) is 0.597. The first-order valence-electron chi connectivity index (χ1n) is 9.97. The molecular formula is C23H29N3O2. The van der Waals surface area contributed by atoms with Gasteiger partial charge in [0.1, 0.15) is 0 Å². The Morgan fingerprint density at radius 2 is 1.54 bits per heavy atom. The standard InChI is InChI=1S/C23H29N3O2/c1-5-26(6-2)18-10-8-17(9-11-18)24-22(27)19-14-20(19)23(28)25-21-12-7-15(3)13-16(21)4/h7-13,19-20H,5-6,14H2,1-4H3,(H,24,27)(H,25,28). The highest BCUT2D eigenvalue weighted by atomic mass is 16.2. The van der Waals surface area contributed by atoms with Crippen LogP contribution in [0.4, 0.5) is 17.1 Å². The van der Waals surface area contributed by atoms with Gasteiger partial charge < -0.3 is 15.5 Å². The van der Waals surface area contributed by atoms with Gasteiger partial charge in [0, 0.05) is 30.2 Å². The van der Waals surface area contributed by atoms with Crippen molar-refractivity contribution in [1.82, 2.24) is 0 Å². The average molecular weight is 380 g/mol. The summed E-state index contributed by atoms with van der Waals surface area (Å²) in [5.74, 6) is -0.677. The number of hydrogen-bond acceptors (Lipinski definition) is 3. The minimum atomic E-state index is -0.256. The highest BCUT2D eigenvalue weighted by molar-refractivity contribution is 6.03. The van der Waals surface area contributed by atoms with Crippen molar-refractivity contribution in [3.8, 4) is 0 Å². The molecule has 0 bridgehead atoms. The first-order chi connectivity index (χ1) is 13.4. The number of aryl methyl sites for hydroxylation is 2. The monoisotopic (exact) mass is 379 g/mol. The maximum atomic E-state index is 12.5. The van der Waals surface area contributed by atoms with Crippen LogP contribution in [0.15, 0.2) is 42.5 Å². The van der Waals surface area contributed by atoms with Crippen molar-refractivity contribution >= 4 is 28.9 Å². The Kier molecular flexibility index (Phi) is 6.02. The lowest BCUT2D eigenvalue weighted by molar-refractivity contribution is -0.122. The SMILES string of the molecule is CCN(CC)c1ccc(NC(=O)C2CC2C(=O)Nc2ccc(C)cc2C)cc1. The molecule has 2 amide bonds. The van der Waals surface area contributed by atoms with Crippen LogP contribution in [0.5, 0.6) is 0 Å². The van der Waals surface area contributed by atoms with E-state index < -0.39 is 0 Å². The molecule has 0 spiro atoms. The maximum absolute atomic E-state index is 12.5. The highest BCUT2D eigenvalue weighted by Gasteiger charge is 2.48. The number of amides is 2. The summed E-state index contributed by atoms with van der Waals surface area (Å²) in [6.45, 7) is 10.1. The van der Waals surface area contributed by atoms with Gasteiger partial charge in [-0.25, -0.2) is 0 Å². The van der Waals surface area contributed by atoms with Crippen molar-refractivity contribution in [3.63, 3.8) is 0 Å². The van der Waals surface area contributed by atoms with Crippen LogP contribution in [0, 0.1) is 25.7 Å². The molecule has 1 fully saturated rings. The van der Waals surface area contributed by atoms with Crippen LogP contribution in [0.2, 0.25) is 0 Å². The normalized spacial score (nSPS) is 17.7. The van der Waals surface area contributed by atoms with Gasteiger partial charge in [-0.1, -0.05) is 17.7 Å². The summed E-state index contributed by atoms with van der Waals surface area (Å²) in [5, 5.41) is 5.89. The summed E-state index contributed by atoms with van der Waals surface area (Å²) < 4.78 is 0. The fourth-order valence-corrected chi connectivity index (χ4v) is 3.53. The molecule has 1 aliphatic rings. The molecule has 2 atom stereocenters. The molecule has 1 saturated carbocycles. The van der Waals surface area contributed by atoms with E-state index in [9.17, 15) is 9.59 Å². The van der Waals surface area contributed by atoms with Gasteiger partial charge in [0.05, 0.1) is 11.8 Å². The number of anilines is 3. The lowest BCUT2D eigenvalue weighted by Gasteiger charge is -2.21. The Bertz CT molecular complexity index is 857. The number of nitrogens with zero attached hydrogens (tertiary/aromatic N) is 1. The lowest BCUT2D eigenvalue weighted by atomic mass is 10.1. The number of rotatable bonds is 7. The van der Waals surface area contributed by atoms with E-state index in [0.29, 0.717) is 6.42 Å². The molecule has 1 aliphatic carbocycles. The second-order valence-electron chi connectivity index (χ2n) is 7.46. The summed E-state index contributed by atoms with van der Waals surface area (Å²) in [6, 6.07) is 13.8. The number of carbonyl (C=O) groups excluding carboxylic acids is 2. The minimum absolute atomic E-state index is 0.0796. The van der Waals surface area contributed by atoms with Crippen LogP contribution in [0.1, 0.15) is 31.4 Å². The molecular weight excluding hydrogens is 350 g/mol. The van der Waals surface area contributed by atoms with Gasteiger partial charge in [-0.15, -0.1) is 0 Å². The van der Waals surface area contributed by atoms with Gasteiger partial charge >= 0.3 is 0 Å². The van der Waals surface area contributed by atoms with Gasteiger partial charge in [0.15, 0.2) is 0 Å². The Balaban J connectivity index is 1.54. The molecule has 5 nitrogen and oxygen atoms in total. The molecule has 5 heteroatoms. The summed E-state index contributed by atoms with van der Waals surface area (Å²) in [7, 11) is 0. The van der Waals surface area contributed by atoms with Crippen molar-refractivity contribution in [1.29, 1.82) is 0 Å². The molecule has 0 aliphatic heterocycles. The summed E-state index contributed by atoms with van der Waals surface area (Å²) in [4.78, 5) is 27.2. The second kappa shape index (κ2) is 8.46. The number of nitrogens with one attached hydrogen (secondary N) is 2. The maximum Gasteiger partial charge on any atom is 0.228 e. The third kappa shape index (κ3) is 4.53. The van der Waals surface area contributed by atoms with Crippen molar-refractivity contribution in [3.05, 3.63) is 53.6 Å². The van der Waals surface area contributed by atoms with Crippen LogP contribution in [0.25, 0.3) is 0 Å². The van der Waals surface area contributed by atoms with Gasteiger partial charge in [-0.3, -0.25) is 9.59 Å². The van der Waals surface area contributed by atoms with E-state index in [4.69, 9.17) is 0 Å². The molecule has 148 valence electrons. The Morgan fingerprint density at radius 3 is 2.11 bits per heavy atom. The number of hydrogen-bond donors (Lipinski definition) is 2. The van der Waals surface area contributed by atoms with Crippen LogP contribution >= 0.6 is 0 Å². The molecule has 0 saturated heterocycles. The average Bonchev–Trinajstić information content (AvgIpc) is 3.47. The van der Waals surface area contributed by atoms with E-state index in [1.165, 1.54) is 0 Å². The lowest BCUT2D eigenvalue weighted by Crippen LogP contribution is -2.22. The largest absolute Gasteiger partial charge is 0.372 e. The van der Waals surface area contributed by atoms with E-state index in [1.807, 2.05) is 56.3 Å². The van der Waals surface area contributed by atoms with Gasteiger partial charge in [-0.2, -0.15) is 0 Å². The van der Waals surface area contributed by atoms with Crippen molar-refractivity contribution in [2.24, 2.45) is 11.8 Å². The van der Waals surface area contributed by atoms with E-state index in [-0.39, 0.29) is 23.7 Å². The van der Waals surface area contributed by atoms with Crippen LogP contribution < -0.4 is 15.5 Å². The van der Waals surface area contributed by atoms with Crippen molar-refractivity contribution < 1.29 is 9.59 Å². The van der Waals surface area contributed by atoms with E-state index in [2.05, 4.69) is 29.4 Å². The van der Waals surface area contributed by atoms with Crippen LogP contribution in [-0.2, 0) is 9.59 Å². The first-order valence-corrected chi connectivity index (χ1v) is 9.97. The van der Waals surface area contributed by atoms with Gasteiger partial charge in [0.25, 0.3) is 0 Å². The molecule has 0 heterocycles. The smallest absolute Gasteiger partial charge is 0.228 e. The fourth-order valence-electron chi connectivity index (χ4n) is 3.53. The number of carbonyl (C=O) groups is 2. The molecule has 2 unspecified atom stereocenters. The fraction of sp³-hybridized carbons (Fsp3) is 0.391. The highest BCUT2D eigenvalue weighted by Crippen LogP contribution is 2.40. The van der Waals surface area contributed by atoms with Crippen molar-refractivity contribution in [2.45, 2.75) is 34.1 Å². The van der Waals surface area contributed by atoms with E-state index in [1.54, 1.807) is 0 Å². The number of benzene rings is 2. The van der Waals surface area contributed by atoms with Gasteiger partial charge in [0.2, 0.25) is 11.8 Å². The predicted molar refractivity (Wildman–Crippen MR) is 115 cm³/mol. The van der Waals surface area contributed by atoms with E-state index in [0.717, 1.165) is 41.3 Å². The zero-order chi connectivity index (χ0) is 20.3. The molecule has 2 aromatic rings. The second-order valence-corrected chi connectivity index (χ2v) is 7.46. The van der Waals surface area contributed by atoms with Crippen LogP contribution in [-0.4, -0.2) is 24.9 Å². The Hall–Kier alpha value is -2.82. The third-order valence-corrected chi connectivity index (χ3v) is 5.37. The topological polar surface area (TPSA) is 61.4 Å². The Morgan fingerprint density at radius 1 is 0.929 bits per heavy atom. The molecule has 28 heavy (non-hydrogen) atoms. The quantitative estimate of drug-likeness (QED) is 0.751. The van der Waals surface area contributed by atoms with E-state index >= 15 is 0 Å². The zero-order valence-corrected chi connectivity index (χ0v) is 17.1. The minimum Gasteiger partial charge on any atom is -0.372 e. The predicted octanol–water partition coefficient (Wildman–Crippen LogP) is 4.36. The first kappa shape index (κ1) is 19.9. The van der Waals surface area contributed by atoms with Crippen molar-refractivity contribution in [2.75, 3.05) is 28.6 Å². The van der Waals surface area contributed by atoms with Crippen LogP contribution in [0.3, 0.4) is 0 Å². The molecule has 2 N–H and O–H groups in total. The summed E-state index contributed by atoms with van der Waals surface area (Å²) in [5.41, 5.74) is 4.91. The van der Waals surface area contributed by atoms with Gasteiger partial charge in [-0.05, 0) is 70.0 Å². The Labute approximate surface area is 167 Å². The molecule has 0 aromatic heterocycles. The molecule has 0 radical (unpaired) electrons. The summed E-state index contributed by atoms with van der Waals surface area (Å²) >= 11 is 0. The molecule has 3 rings (SSSR count). The zero-order valence-electron chi connectivity index (χ0n) is 17.1. The third-order valence-electron chi connectivity index (χ3n) is 5.37. The molecule has 2 aromatic carbocycles.